The van der Waals surface area contributed by atoms with Crippen LogP contribution in [-0.4, -0.2) is 19.9 Å². The lowest BCUT2D eigenvalue weighted by Crippen LogP contribution is -2.09. The third-order valence-corrected chi connectivity index (χ3v) is 3.62. The third-order valence-electron chi connectivity index (χ3n) is 2.88. The number of H-pyrrole nitrogens is 1. The number of aromatic amines is 1. The zero-order valence-corrected chi connectivity index (χ0v) is 12.1. The molecule has 0 unspecified atom stereocenters. The van der Waals surface area contributed by atoms with Crippen LogP contribution in [0.4, 0.5) is 0 Å². The van der Waals surface area contributed by atoms with Crippen LogP contribution in [0.15, 0.2) is 47.9 Å². The van der Waals surface area contributed by atoms with E-state index >= 15 is 0 Å². The Morgan fingerprint density at radius 2 is 1.81 bits per heavy atom. The summed E-state index contributed by atoms with van der Waals surface area (Å²) in [4.78, 5) is 26.5. The lowest BCUT2D eigenvalue weighted by molar-refractivity contribution is 1.10. The smallest absolute Gasteiger partial charge is 0.260 e. The summed E-state index contributed by atoms with van der Waals surface area (Å²) in [5.74, 6) is 0. The molecule has 104 valence electrons. The molecule has 0 fully saturated rings. The van der Waals surface area contributed by atoms with E-state index in [0.29, 0.717) is 27.0 Å². The molecule has 0 amide bonds. The minimum atomic E-state index is -0.260. The van der Waals surface area contributed by atoms with Crippen LogP contribution >= 0.6 is 23.2 Å². The van der Waals surface area contributed by atoms with Crippen molar-refractivity contribution in [2.24, 2.45) is 0 Å². The molecule has 7 heteroatoms. The fourth-order valence-corrected chi connectivity index (χ4v) is 2.14. The average Bonchev–Trinajstić information content (AvgIpc) is 2.51. The first-order valence-corrected chi connectivity index (χ1v) is 6.71. The topological polar surface area (TPSA) is 71.5 Å². The van der Waals surface area contributed by atoms with E-state index in [9.17, 15) is 4.79 Å². The van der Waals surface area contributed by atoms with Gasteiger partial charge in [0.05, 0.1) is 33.3 Å². The van der Waals surface area contributed by atoms with E-state index in [1.54, 1.807) is 24.3 Å². The van der Waals surface area contributed by atoms with Gasteiger partial charge >= 0.3 is 0 Å². The highest BCUT2D eigenvalue weighted by Crippen LogP contribution is 2.28. The Bertz CT molecular complexity index is 863. The van der Waals surface area contributed by atoms with Crippen LogP contribution in [0.1, 0.15) is 0 Å². The van der Waals surface area contributed by atoms with Gasteiger partial charge in [-0.3, -0.25) is 4.79 Å². The molecule has 0 saturated heterocycles. The lowest BCUT2D eigenvalue weighted by atomic mass is 10.1. The third kappa shape index (κ3) is 2.79. The summed E-state index contributed by atoms with van der Waals surface area (Å²) in [6.07, 6.45) is 4.17. The summed E-state index contributed by atoms with van der Waals surface area (Å²) >= 11 is 11.9. The van der Waals surface area contributed by atoms with Gasteiger partial charge in [0.1, 0.15) is 6.33 Å². The van der Waals surface area contributed by atoms with Gasteiger partial charge < -0.3 is 4.98 Å². The molecule has 3 rings (SSSR count). The Morgan fingerprint density at radius 3 is 2.57 bits per heavy atom. The number of hydrogen-bond acceptors (Lipinski definition) is 4. The Balaban J connectivity index is 2.10. The van der Waals surface area contributed by atoms with Crippen molar-refractivity contribution in [1.29, 1.82) is 0 Å². The van der Waals surface area contributed by atoms with E-state index in [4.69, 9.17) is 23.2 Å². The van der Waals surface area contributed by atoms with Gasteiger partial charge in [-0.2, -0.15) is 0 Å². The summed E-state index contributed by atoms with van der Waals surface area (Å²) in [6, 6.07) is 6.90. The summed E-state index contributed by atoms with van der Waals surface area (Å²) in [6.45, 7) is 0. The highest BCUT2D eigenvalue weighted by molar-refractivity contribution is 6.42. The molecule has 0 spiro atoms. The first-order valence-electron chi connectivity index (χ1n) is 5.95. The van der Waals surface area contributed by atoms with Gasteiger partial charge in [-0.1, -0.05) is 29.3 Å². The molecule has 0 bridgehead atoms. The van der Waals surface area contributed by atoms with Crippen LogP contribution in [-0.2, 0) is 0 Å². The molecule has 2 aromatic heterocycles. The second kappa shape index (κ2) is 5.63. The highest BCUT2D eigenvalue weighted by atomic mass is 35.5. The van der Waals surface area contributed by atoms with Crippen LogP contribution in [0.5, 0.6) is 0 Å². The Hall–Kier alpha value is -2.24. The van der Waals surface area contributed by atoms with Gasteiger partial charge in [0.15, 0.2) is 0 Å². The van der Waals surface area contributed by atoms with Crippen molar-refractivity contribution < 1.29 is 0 Å². The monoisotopic (exact) mass is 318 g/mol. The number of nitrogens with zero attached hydrogens (tertiary/aromatic N) is 3. The number of halogens is 2. The maximum atomic E-state index is 11.8. The lowest BCUT2D eigenvalue weighted by Gasteiger charge is -2.04. The largest absolute Gasteiger partial charge is 0.313 e. The number of aromatic nitrogens is 4. The molecule has 1 N–H and O–H groups in total. The van der Waals surface area contributed by atoms with Crippen molar-refractivity contribution in [1.82, 2.24) is 19.9 Å². The molecular formula is C14H8Cl2N4O. The summed E-state index contributed by atoms with van der Waals surface area (Å²) in [5, 5.41) is 0.909. The molecule has 0 aliphatic heterocycles. The van der Waals surface area contributed by atoms with Gasteiger partial charge in [-0.25, -0.2) is 15.0 Å². The van der Waals surface area contributed by atoms with Crippen LogP contribution in [0.2, 0.25) is 10.0 Å². The zero-order valence-electron chi connectivity index (χ0n) is 10.5. The number of rotatable bonds is 2. The van der Waals surface area contributed by atoms with Crippen LogP contribution < -0.4 is 5.56 Å². The van der Waals surface area contributed by atoms with E-state index < -0.39 is 0 Å². The number of hydrogen-bond donors (Lipinski definition) is 1. The van der Waals surface area contributed by atoms with E-state index in [1.807, 2.05) is 0 Å². The second-order valence-corrected chi connectivity index (χ2v) is 5.03. The van der Waals surface area contributed by atoms with Crippen molar-refractivity contribution in [3.63, 3.8) is 0 Å². The van der Waals surface area contributed by atoms with Crippen LogP contribution in [0, 0.1) is 0 Å². The Kier molecular flexibility index (Phi) is 3.68. The maximum absolute atomic E-state index is 11.8. The van der Waals surface area contributed by atoms with Gasteiger partial charge in [-0.05, 0) is 18.2 Å². The molecule has 0 atom stereocenters. The van der Waals surface area contributed by atoms with Crippen molar-refractivity contribution in [3.05, 3.63) is 63.5 Å². The van der Waals surface area contributed by atoms with Crippen LogP contribution in [0.25, 0.3) is 22.5 Å². The molecule has 0 aliphatic carbocycles. The van der Waals surface area contributed by atoms with E-state index in [0.717, 1.165) is 5.56 Å². The quantitative estimate of drug-likeness (QED) is 0.787. The minimum absolute atomic E-state index is 0.260. The van der Waals surface area contributed by atoms with Crippen LogP contribution in [0.3, 0.4) is 0 Å². The van der Waals surface area contributed by atoms with Crippen molar-refractivity contribution in [2.75, 3.05) is 0 Å². The fourth-order valence-electron chi connectivity index (χ4n) is 1.84. The van der Waals surface area contributed by atoms with Crippen molar-refractivity contribution in [2.45, 2.75) is 0 Å². The molecule has 0 radical (unpaired) electrons. The first-order chi connectivity index (χ1) is 10.1. The van der Waals surface area contributed by atoms with Gasteiger partial charge in [0, 0.05) is 11.8 Å². The van der Waals surface area contributed by atoms with E-state index in [1.165, 1.54) is 18.9 Å². The predicted octanol–water partition coefficient (Wildman–Crippen LogP) is 3.20. The summed E-state index contributed by atoms with van der Waals surface area (Å²) in [5.41, 5.74) is 2.03. The summed E-state index contributed by atoms with van der Waals surface area (Å²) < 4.78 is 0. The fraction of sp³-hybridized carbons (Fsp3) is 0. The first kappa shape index (κ1) is 13.7. The van der Waals surface area contributed by atoms with Crippen molar-refractivity contribution in [3.8, 4) is 22.5 Å². The van der Waals surface area contributed by atoms with Gasteiger partial charge in [-0.15, -0.1) is 0 Å². The van der Waals surface area contributed by atoms with E-state index in [-0.39, 0.29) is 5.56 Å². The molecular weight excluding hydrogens is 311 g/mol. The summed E-state index contributed by atoms with van der Waals surface area (Å²) in [7, 11) is 0. The average molecular weight is 319 g/mol. The van der Waals surface area contributed by atoms with Gasteiger partial charge in [0.25, 0.3) is 5.56 Å². The predicted molar refractivity (Wildman–Crippen MR) is 81.3 cm³/mol. The number of nitrogens with one attached hydrogen (secondary N) is 1. The zero-order chi connectivity index (χ0) is 14.8. The molecule has 0 aliphatic rings. The standard InChI is InChI=1S/C14H8Cl2N4O/c15-10-2-1-8(3-11(10)16)12-4-13(19-7-18-12)9-5-17-6-20-14(9)21/h1-7H,(H,17,20,21). The Labute approximate surface area is 129 Å². The highest BCUT2D eigenvalue weighted by Gasteiger charge is 2.08. The molecule has 21 heavy (non-hydrogen) atoms. The molecule has 0 saturated carbocycles. The maximum Gasteiger partial charge on any atom is 0.260 e. The van der Waals surface area contributed by atoms with Gasteiger partial charge in [0.2, 0.25) is 0 Å². The SMILES string of the molecule is O=c1[nH]cncc1-c1cc(-c2ccc(Cl)c(Cl)c2)ncn1. The molecule has 3 aromatic rings. The molecule has 2 heterocycles. The molecule has 1 aromatic carbocycles. The minimum Gasteiger partial charge on any atom is -0.313 e. The Morgan fingerprint density at radius 1 is 1.00 bits per heavy atom. The second-order valence-electron chi connectivity index (χ2n) is 4.21. The molecule has 5 nitrogen and oxygen atoms in total. The van der Waals surface area contributed by atoms with E-state index in [2.05, 4.69) is 19.9 Å². The number of benzene rings is 1. The van der Waals surface area contributed by atoms with Crippen molar-refractivity contribution >= 4 is 23.2 Å². The normalized spacial score (nSPS) is 10.6.